The Balaban J connectivity index is 3.00. The molecule has 1 amide bonds. The van der Waals surface area contributed by atoms with Crippen molar-refractivity contribution in [2.75, 3.05) is 13.7 Å². The van der Waals surface area contributed by atoms with Gasteiger partial charge in [-0.3, -0.25) is 4.79 Å². The highest BCUT2D eigenvalue weighted by atomic mass is 19.4. The van der Waals surface area contributed by atoms with Crippen molar-refractivity contribution in [3.63, 3.8) is 0 Å². The number of rotatable bonds is 4. The number of carbonyl (C=O) groups is 1. The minimum atomic E-state index is -4.43. The molecule has 3 nitrogen and oxygen atoms in total. The molecule has 0 saturated heterocycles. The molecule has 1 aromatic carbocycles. The van der Waals surface area contributed by atoms with Gasteiger partial charge in [0, 0.05) is 0 Å². The molecule has 1 rings (SSSR count). The summed E-state index contributed by atoms with van der Waals surface area (Å²) in [5.74, 6) is -0.376. The maximum absolute atomic E-state index is 12.1. The van der Waals surface area contributed by atoms with E-state index in [0.717, 1.165) is 5.56 Å². The molecule has 0 saturated carbocycles. The molecule has 0 aliphatic heterocycles. The molecule has 106 valence electrons. The molecular formula is C13H16F3NO2. The van der Waals surface area contributed by atoms with Crippen LogP contribution in [0.3, 0.4) is 0 Å². The summed E-state index contributed by atoms with van der Waals surface area (Å²) >= 11 is 0. The summed E-state index contributed by atoms with van der Waals surface area (Å²) in [4.78, 5) is 11.8. The van der Waals surface area contributed by atoms with E-state index in [-0.39, 0.29) is 11.5 Å². The van der Waals surface area contributed by atoms with Gasteiger partial charge in [0.15, 0.2) is 0 Å². The van der Waals surface area contributed by atoms with Gasteiger partial charge in [-0.2, -0.15) is 13.2 Å². The number of methoxy groups -OCH3 is 1. The maximum atomic E-state index is 12.1. The number of benzene rings is 1. The number of para-hydroxylation sites is 1. The molecule has 0 aromatic heterocycles. The van der Waals surface area contributed by atoms with Crippen molar-refractivity contribution < 1.29 is 22.7 Å². The Hall–Kier alpha value is -1.72. The van der Waals surface area contributed by atoms with E-state index < -0.39 is 18.6 Å². The van der Waals surface area contributed by atoms with Crippen molar-refractivity contribution in [2.45, 2.75) is 25.9 Å². The first-order valence-corrected chi connectivity index (χ1v) is 5.78. The predicted octanol–water partition coefficient (Wildman–Crippen LogP) is 3.11. The van der Waals surface area contributed by atoms with Crippen molar-refractivity contribution in [3.05, 3.63) is 29.3 Å². The van der Waals surface area contributed by atoms with Gasteiger partial charge in [0.1, 0.15) is 12.3 Å². The Labute approximate surface area is 109 Å². The van der Waals surface area contributed by atoms with Crippen molar-refractivity contribution in [1.82, 2.24) is 5.32 Å². The van der Waals surface area contributed by atoms with Crippen LogP contribution in [0, 0.1) is 0 Å². The van der Waals surface area contributed by atoms with E-state index in [2.05, 4.69) is 0 Å². The summed E-state index contributed by atoms with van der Waals surface area (Å²) in [5.41, 5.74) is 0.889. The van der Waals surface area contributed by atoms with Gasteiger partial charge < -0.3 is 10.1 Å². The van der Waals surface area contributed by atoms with Crippen molar-refractivity contribution in [1.29, 1.82) is 0 Å². The number of amides is 1. The first-order valence-electron chi connectivity index (χ1n) is 5.78. The quantitative estimate of drug-likeness (QED) is 0.917. The highest BCUT2D eigenvalue weighted by Crippen LogP contribution is 2.30. The zero-order chi connectivity index (χ0) is 14.6. The molecule has 1 N–H and O–H groups in total. The minimum absolute atomic E-state index is 0.102. The number of alkyl halides is 3. The van der Waals surface area contributed by atoms with Crippen LogP contribution in [0.25, 0.3) is 0 Å². The van der Waals surface area contributed by atoms with Crippen LogP contribution in [0.1, 0.15) is 35.7 Å². The Morgan fingerprint density at radius 3 is 2.47 bits per heavy atom. The van der Waals surface area contributed by atoms with E-state index in [9.17, 15) is 18.0 Å². The third kappa shape index (κ3) is 4.15. The second-order valence-electron chi connectivity index (χ2n) is 4.38. The van der Waals surface area contributed by atoms with Gasteiger partial charge in [-0.05, 0) is 17.5 Å². The smallest absolute Gasteiger partial charge is 0.405 e. The number of halogens is 3. The molecule has 0 atom stereocenters. The van der Waals surface area contributed by atoms with Crippen LogP contribution in [0.5, 0.6) is 5.75 Å². The third-order valence-corrected chi connectivity index (χ3v) is 2.57. The SMILES string of the molecule is COc1c(C(=O)NCC(F)(F)F)cccc1C(C)C. The predicted molar refractivity (Wildman–Crippen MR) is 65.5 cm³/mol. The number of nitrogens with one attached hydrogen (secondary N) is 1. The number of carbonyl (C=O) groups excluding carboxylic acids is 1. The molecule has 19 heavy (non-hydrogen) atoms. The average Bonchev–Trinajstić information content (AvgIpc) is 2.33. The lowest BCUT2D eigenvalue weighted by atomic mass is 9.98. The molecule has 0 radical (unpaired) electrons. The Bertz CT molecular complexity index is 456. The zero-order valence-electron chi connectivity index (χ0n) is 11.0. The molecule has 1 aromatic rings. The number of hydrogen-bond acceptors (Lipinski definition) is 2. The molecule has 0 unspecified atom stereocenters. The number of ether oxygens (including phenoxy) is 1. The highest BCUT2D eigenvalue weighted by Gasteiger charge is 2.28. The van der Waals surface area contributed by atoms with Gasteiger partial charge >= 0.3 is 6.18 Å². The van der Waals surface area contributed by atoms with Gasteiger partial charge in [0.25, 0.3) is 5.91 Å². The second kappa shape index (κ2) is 5.95. The summed E-state index contributed by atoms with van der Waals surface area (Å²) in [6, 6.07) is 4.85. The molecule has 0 fully saturated rings. The molecule has 6 heteroatoms. The van der Waals surface area contributed by atoms with Crippen LogP contribution in [-0.4, -0.2) is 25.7 Å². The lowest BCUT2D eigenvalue weighted by Crippen LogP contribution is -2.34. The van der Waals surface area contributed by atoms with Crippen LogP contribution in [0.2, 0.25) is 0 Å². The lowest BCUT2D eigenvalue weighted by molar-refractivity contribution is -0.123. The zero-order valence-corrected chi connectivity index (χ0v) is 11.0. The highest BCUT2D eigenvalue weighted by molar-refractivity contribution is 5.97. The van der Waals surface area contributed by atoms with Crippen LogP contribution < -0.4 is 10.1 Å². The normalized spacial score (nSPS) is 11.5. The van der Waals surface area contributed by atoms with E-state index in [1.54, 1.807) is 12.1 Å². The molecular weight excluding hydrogens is 259 g/mol. The van der Waals surface area contributed by atoms with Crippen LogP contribution in [0.15, 0.2) is 18.2 Å². The van der Waals surface area contributed by atoms with E-state index in [1.807, 2.05) is 19.2 Å². The Morgan fingerprint density at radius 2 is 2.00 bits per heavy atom. The molecule has 0 aliphatic carbocycles. The maximum Gasteiger partial charge on any atom is 0.405 e. The lowest BCUT2D eigenvalue weighted by Gasteiger charge is -2.16. The monoisotopic (exact) mass is 275 g/mol. The third-order valence-electron chi connectivity index (χ3n) is 2.57. The largest absolute Gasteiger partial charge is 0.496 e. The van der Waals surface area contributed by atoms with Gasteiger partial charge in [0.2, 0.25) is 0 Å². The van der Waals surface area contributed by atoms with Gasteiger partial charge in [-0.1, -0.05) is 26.0 Å². The van der Waals surface area contributed by atoms with Crippen molar-refractivity contribution in [2.24, 2.45) is 0 Å². The fourth-order valence-electron chi connectivity index (χ4n) is 1.69. The second-order valence-corrected chi connectivity index (χ2v) is 4.38. The molecule has 0 heterocycles. The summed E-state index contributed by atoms with van der Waals surface area (Å²) in [6.45, 7) is 2.46. The Kier molecular flexibility index (Phi) is 4.80. The average molecular weight is 275 g/mol. The fraction of sp³-hybridized carbons (Fsp3) is 0.462. The molecule has 0 bridgehead atoms. The first-order chi connectivity index (χ1) is 8.76. The van der Waals surface area contributed by atoms with Gasteiger partial charge in [0.05, 0.1) is 12.7 Å². The van der Waals surface area contributed by atoms with Crippen LogP contribution in [0.4, 0.5) is 13.2 Å². The topological polar surface area (TPSA) is 38.3 Å². The Morgan fingerprint density at radius 1 is 1.37 bits per heavy atom. The standard InChI is InChI=1S/C13H16F3NO2/c1-8(2)9-5-4-6-10(11(9)19-3)12(18)17-7-13(14,15)16/h4-6,8H,7H2,1-3H3,(H,17,18). The van der Waals surface area contributed by atoms with Crippen molar-refractivity contribution in [3.8, 4) is 5.75 Å². The summed E-state index contributed by atoms with van der Waals surface area (Å²) in [7, 11) is 1.39. The van der Waals surface area contributed by atoms with Gasteiger partial charge in [-0.25, -0.2) is 0 Å². The molecule has 0 aliphatic rings. The first kappa shape index (κ1) is 15.3. The van der Waals surface area contributed by atoms with E-state index in [1.165, 1.54) is 13.2 Å². The van der Waals surface area contributed by atoms with Crippen LogP contribution in [-0.2, 0) is 0 Å². The van der Waals surface area contributed by atoms with E-state index >= 15 is 0 Å². The van der Waals surface area contributed by atoms with E-state index in [0.29, 0.717) is 5.75 Å². The van der Waals surface area contributed by atoms with E-state index in [4.69, 9.17) is 4.74 Å². The summed E-state index contributed by atoms with van der Waals surface area (Å²) in [6.07, 6.45) is -4.43. The summed E-state index contributed by atoms with van der Waals surface area (Å²) < 4.78 is 41.4. The van der Waals surface area contributed by atoms with Crippen LogP contribution >= 0.6 is 0 Å². The minimum Gasteiger partial charge on any atom is -0.496 e. The number of hydrogen-bond donors (Lipinski definition) is 1. The molecule has 0 spiro atoms. The summed E-state index contributed by atoms with van der Waals surface area (Å²) in [5, 5.41) is 1.84. The van der Waals surface area contributed by atoms with Gasteiger partial charge in [-0.15, -0.1) is 0 Å². The van der Waals surface area contributed by atoms with Crippen molar-refractivity contribution >= 4 is 5.91 Å². The fourth-order valence-corrected chi connectivity index (χ4v) is 1.69.